The molecule has 1 saturated heterocycles. The molecule has 0 bridgehead atoms. The summed E-state index contributed by atoms with van der Waals surface area (Å²) in [5, 5.41) is 0. The fourth-order valence-corrected chi connectivity index (χ4v) is 5.39. The van der Waals surface area contributed by atoms with Crippen molar-refractivity contribution in [2.45, 2.75) is 81.4 Å². The summed E-state index contributed by atoms with van der Waals surface area (Å²) in [6, 6.07) is 0. The maximum Gasteiger partial charge on any atom is 0.132 e. The van der Waals surface area contributed by atoms with E-state index in [9.17, 15) is 14.4 Å². The molecule has 0 aliphatic carbocycles. The molecule has 1 heterocycles. The summed E-state index contributed by atoms with van der Waals surface area (Å²) < 4.78 is 18.0. The zero-order valence-electron chi connectivity index (χ0n) is 17.7. The van der Waals surface area contributed by atoms with E-state index in [0.717, 1.165) is 0 Å². The van der Waals surface area contributed by atoms with Gasteiger partial charge in [0.15, 0.2) is 0 Å². The fraction of sp³-hybridized carbons (Fsp3) is 1.00. The summed E-state index contributed by atoms with van der Waals surface area (Å²) in [6.07, 6.45) is -0.343. The molecule has 2 unspecified atom stereocenters. The van der Waals surface area contributed by atoms with Crippen LogP contribution in [-0.2, 0) is 9.30 Å². The molecule has 0 aromatic rings. The van der Waals surface area contributed by atoms with Gasteiger partial charge >= 0.3 is 0 Å². The number of rotatable bonds is 3. The molecule has 6 atom stereocenters. The summed E-state index contributed by atoms with van der Waals surface area (Å²) in [4.78, 5) is 20.8. The van der Waals surface area contributed by atoms with E-state index in [4.69, 9.17) is 4.74 Å². The lowest BCUT2D eigenvalue weighted by molar-refractivity contribution is -0.194. The van der Waals surface area contributed by atoms with Crippen molar-refractivity contribution in [2.75, 3.05) is 6.16 Å². The van der Waals surface area contributed by atoms with Crippen molar-refractivity contribution >= 4 is 21.1 Å². The third-order valence-corrected chi connectivity index (χ3v) is 6.34. The van der Waals surface area contributed by atoms with Gasteiger partial charge in [-0.15, -0.1) is 0 Å². The van der Waals surface area contributed by atoms with Gasteiger partial charge in [-0.05, 0) is 34.0 Å². The molecule has 0 spiro atoms. The Balaban J connectivity index is 0.00000576. The van der Waals surface area contributed by atoms with E-state index >= 15 is 0 Å². The first kappa shape index (κ1) is 25.5. The van der Waals surface area contributed by atoms with Gasteiger partial charge in [-0.25, -0.2) is 0 Å². The Morgan fingerprint density at radius 1 is 0.960 bits per heavy atom. The van der Waals surface area contributed by atoms with Crippen molar-refractivity contribution < 1.29 is 19.1 Å². The Bertz CT molecular complexity index is 481. The summed E-state index contributed by atoms with van der Waals surface area (Å²) in [6.45, 7) is 21.8. The topological polar surface area (TPSA) is 69.6 Å². The van der Waals surface area contributed by atoms with Crippen LogP contribution < -0.4 is 4.89 Å². The molecule has 152 valence electrons. The highest BCUT2D eigenvalue weighted by molar-refractivity contribution is 7.59. The molecule has 1 rings (SSSR count). The first-order chi connectivity index (χ1) is 10.4. The van der Waals surface area contributed by atoms with Gasteiger partial charge in [0.05, 0.1) is 12.2 Å². The van der Waals surface area contributed by atoms with Crippen LogP contribution >= 0.6 is 21.1 Å². The third kappa shape index (κ3) is 6.53. The van der Waals surface area contributed by atoms with Gasteiger partial charge < -0.3 is 19.1 Å². The van der Waals surface area contributed by atoms with Gasteiger partial charge in [-0.3, -0.25) is 0 Å². The Labute approximate surface area is 162 Å². The minimum atomic E-state index is -4.30. The molecule has 1 aliphatic heterocycles. The average Bonchev–Trinajstić information content (AvgIpc) is 2.64. The minimum absolute atomic E-state index is 0. The molecule has 25 heavy (non-hydrogen) atoms. The van der Waals surface area contributed by atoms with Crippen LogP contribution in [0.25, 0.3) is 0 Å². The monoisotopic (exact) mass is 395 g/mol. The van der Waals surface area contributed by atoms with Crippen molar-refractivity contribution in [3.05, 3.63) is 0 Å². The second kappa shape index (κ2) is 7.83. The van der Waals surface area contributed by atoms with E-state index < -0.39 is 7.60 Å². The first-order valence-electron chi connectivity index (χ1n) is 9.04. The molecule has 1 N–H and O–H groups in total. The average molecular weight is 396 g/mol. The van der Waals surface area contributed by atoms with Gasteiger partial charge in [0.2, 0.25) is 0 Å². The van der Waals surface area contributed by atoms with Crippen molar-refractivity contribution in [3.8, 4) is 0 Å². The minimum Gasteiger partial charge on any atom is -0.779 e. The maximum absolute atomic E-state index is 11.4. The Hall–Kier alpha value is 0.460. The number of hydrogen-bond donors (Lipinski definition) is 1. The summed E-state index contributed by atoms with van der Waals surface area (Å²) in [5.74, 6) is 0.303. The zero-order valence-corrected chi connectivity index (χ0v) is 19.6. The SMILES string of the molecule is C[C@@H](CP(=O)([O-])O)[C@H]1O[C@@H](C(C)(C)C)[C@@H](C(C)(C)C)C1C(C)(C)C.S. The lowest BCUT2D eigenvalue weighted by atomic mass is 9.58. The number of hydrogen-bond acceptors (Lipinski definition) is 3. The third-order valence-electron chi connectivity index (χ3n) is 5.30. The largest absolute Gasteiger partial charge is 0.779 e. The van der Waals surface area contributed by atoms with Gasteiger partial charge in [-0.2, -0.15) is 13.5 Å². The quantitative estimate of drug-likeness (QED) is 0.718. The van der Waals surface area contributed by atoms with Gasteiger partial charge in [0, 0.05) is 6.16 Å². The van der Waals surface area contributed by atoms with Crippen LogP contribution in [0.3, 0.4) is 0 Å². The molecule has 1 aliphatic rings. The Morgan fingerprint density at radius 3 is 1.64 bits per heavy atom. The van der Waals surface area contributed by atoms with E-state index in [1.807, 2.05) is 6.92 Å². The van der Waals surface area contributed by atoms with Gasteiger partial charge in [-0.1, -0.05) is 69.2 Å². The molecule has 0 amide bonds. The van der Waals surface area contributed by atoms with Crippen molar-refractivity contribution in [1.82, 2.24) is 0 Å². The molecule has 0 aromatic carbocycles. The van der Waals surface area contributed by atoms with E-state index in [1.54, 1.807) is 0 Å². The van der Waals surface area contributed by atoms with E-state index in [0.29, 0.717) is 5.92 Å². The molecule has 6 heteroatoms. The van der Waals surface area contributed by atoms with Crippen LogP contribution in [0.1, 0.15) is 69.2 Å². The fourth-order valence-electron chi connectivity index (χ4n) is 4.45. The normalized spacial score (nSPS) is 32.0. The standard InChI is InChI=1S/C19H39O4P.H2S/c1-12(11-24(20,21)22)15-13(17(2,3)4)14(18(5,6)7)16(23-15)19(8,9)10;/h12-16H,11H2,1-10H3,(H2,20,21,22);1H2/p-1/t12-,13?,14-,15+,16+;/m0./s1. The van der Waals surface area contributed by atoms with Crippen LogP contribution in [0.4, 0.5) is 0 Å². The lowest BCUT2D eigenvalue weighted by Gasteiger charge is -2.45. The highest BCUT2D eigenvalue weighted by atomic mass is 32.1. The molecule has 1 fully saturated rings. The first-order valence-corrected chi connectivity index (χ1v) is 10.8. The van der Waals surface area contributed by atoms with Crippen LogP contribution in [0.2, 0.25) is 0 Å². The number of ether oxygens (including phenoxy) is 1. The summed E-state index contributed by atoms with van der Waals surface area (Å²) in [5.41, 5.74) is 0.000231. The highest BCUT2D eigenvalue weighted by Crippen LogP contribution is 2.56. The van der Waals surface area contributed by atoms with Gasteiger partial charge in [0.1, 0.15) is 7.60 Å². The summed E-state index contributed by atoms with van der Waals surface area (Å²) in [7, 11) is -4.30. The van der Waals surface area contributed by atoms with Crippen LogP contribution in [0.5, 0.6) is 0 Å². The van der Waals surface area contributed by atoms with E-state index in [1.165, 1.54) is 0 Å². The Kier molecular flexibility index (Phi) is 7.98. The lowest BCUT2D eigenvalue weighted by Crippen LogP contribution is -2.44. The van der Waals surface area contributed by atoms with Crippen LogP contribution in [-0.4, -0.2) is 23.3 Å². The van der Waals surface area contributed by atoms with Crippen molar-refractivity contribution in [2.24, 2.45) is 34.0 Å². The maximum atomic E-state index is 11.4. The zero-order chi connectivity index (χ0) is 19.3. The van der Waals surface area contributed by atoms with Gasteiger partial charge in [0.25, 0.3) is 0 Å². The van der Waals surface area contributed by atoms with Crippen molar-refractivity contribution in [3.63, 3.8) is 0 Å². The van der Waals surface area contributed by atoms with Crippen molar-refractivity contribution in [1.29, 1.82) is 0 Å². The second-order valence-corrected chi connectivity index (χ2v) is 12.6. The van der Waals surface area contributed by atoms with E-state index in [-0.39, 0.29) is 59.9 Å². The van der Waals surface area contributed by atoms with Crippen LogP contribution in [0, 0.1) is 34.0 Å². The predicted molar refractivity (Wildman–Crippen MR) is 108 cm³/mol. The molecule has 0 aromatic heterocycles. The molecule has 4 nitrogen and oxygen atoms in total. The van der Waals surface area contributed by atoms with E-state index in [2.05, 4.69) is 62.3 Å². The Morgan fingerprint density at radius 2 is 1.36 bits per heavy atom. The highest BCUT2D eigenvalue weighted by Gasteiger charge is 2.57. The molecular weight excluding hydrogens is 355 g/mol. The summed E-state index contributed by atoms with van der Waals surface area (Å²) >= 11 is 0. The molecule has 0 radical (unpaired) electrons. The smallest absolute Gasteiger partial charge is 0.132 e. The second-order valence-electron chi connectivity index (χ2n) is 11.0. The molecule has 0 saturated carbocycles. The van der Waals surface area contributed by atoms with Crippen LogP contribution in [0.15, 0.2) is 0 Å². The molecular formula is C19H40O4PS-. The predicted octanol–water partition coefficient (Wildman–Crippen LogP) is 4.42.